The Balaban J connectivity index is 0.951. The second-order valence-electron chi connectivity index (χ2n) is 11.8. The molecule has 16 nitrogen and oxygen atoms in total. The number of carbonyl (C=O) groups is 4. The number of aryl methyl sites for hydroxylation is 1. The first-order valence-electron chi connectivity index (χ1n) is 17.7. The van der Waals surface area contributed by atoms with Gasteiger partial charge in [-0.2, -0.15) is 0 Å². The van der Waals surface area contributed by atoms with E-state index in [4.69, 9.17) is 34.4 Å². The lowest BCUT2D eigenvalue weighted by Crippen LogP contribution is -2.35. The molecule has 1 aliphatic rings. The molecule has 0 saturated carbocycles. The van der Waals surface area contributed by atoms with E-state index in [0.29, 0.717) is 97.0 Å². The van der Waals surface area contributed by atoms with Crippen LogP contribution in [0.3, 0.4) is 0 Å². The molecule has 2 aromatic heterocycles. The molecule has 3 aromatic rings. The Morgan fingerprint density at radius 1 is 0.765 bits per heavy atom. The van der Waals surface area contributed by atoms with Crippen LogP contribution in [0.1, 0.15) is 51.3 Å². The summed E-state index contributed by atoms with van der Waals surface area (Å²) in [5, 5.41) is 6.65. The summed E-state index contributed by atoms with van der Waals surface area (Å²) >= 11 is 0. The molecule has 16 heteroatoms. The van der Waals surface area contributed by atoms with Crippen molar-refractivity contribution in [1.82, 2.24) is 30.1 Å². The molecule has 3 heterocycles. The number of fused-ring (bicyclic) bond motifs is 3. The van der Waals surface area contributed by atoms with Crippen molar-refractivity contribution >= 4 is 51.4 Å². The van der Waals surface area contributed by atoms with E-state index in [2.05, 4.69) is 20.2 Å². The van der Waals surface area contributed by atoms with E-state index in [1.54, 1.807) is 0 Å². The van der Waals surface area contributed by atoms with E-state index in [0.717, 1.165) is 40.0 Å². The normalized spacial score (nSPS) is 13.2. The van der Waals surface area contributed by atoms with Crippen molar-refractivity contribution in [3.05, 3.63) is 30.1 Å². The lowest BCUT2D eigenvalue weighted by molar-refractivity contribution is -0.138. The van der Waals surface area contributed by atoms with Crippen LogP contribution in [0.4, 0.5) is 5.82 Å². The Bertz CT molecular complexity index is 1570. The molecule has 280 valence electrons. The summed E-state index contributed by atoms with van der Waals surface area (Å²) < 4.78 is 29.7. The molecule has 1 aliphatic heterocycles. The molecule has 0 aliphatic carbocycles. The Morgan fingerprint density at radius 3 is 2.10 bits per heavy atom. The SMILES string of the molecule is CCOCc1nc2c(N)nc3ccccc3c2n1CCCCNC(=O)CCOCCOCCOCCOCCNC(=O)CCN1C(=O)CCC1=O. The van der Waals surface area contributed by atoms with Crippen molar-refractivity contribution < 1.29 is 42.9 Å². The Kier molecular flexibility index (Phi) is 17.0. The molecule has 0 atom stereocenters. The average molecular weight is 714 g/mol. The second kappa shape index (κ2) is 21.9. The molecular weight excluding hydrogens is 662 g/mol. The number of imide groups is 1. The number of amides is 4. The number of benzene rings is 1. The summed E-state index contributed by atoms with van der Waals surface area (Å²) in [5.74, 6) is 0.472. The quantitative estimate of drug-likeness (QED) is 0.0806. The fourth-order valence-electron chi connectivity index (χ4n) is 5.52. The number of carbonyl (C=O) groups excluding carboxylic acids is 4. The van der Waals surface area contributed by atoms with Gasteiger partial charge in [0.1, 0.15) is 17.9 Å². The topological polar surface area (TPSA) is 198 Å². The predicted octanol–water partition coefficient (Wildman–Crippen LogP) is 1.71. The first kappa shape index (κ1) is 39.6. The van der Waals surface area contributed by atoms with E-state index >= 15 is 0 Å². The van der Waals surface area contributed by atoms with Gasteiger partial charge in [-0.1, -0.05) is 18.2 Å². The lowest BCUT2D eigenvalue weighted by Gasteiger charge is -2.13. The number of hydrogen-bond donors (Lipinski definition) is 3. The number of para-hydroxylation sites is 1. The van der Waals surface area contributed by atoms with E-state index in [1.165, 1.54) is 0 Å². The first-order chi connectivity index (χ1) is 24.9. The minimum absolute atomic E-state index is 0.0585. The van der Waals surface area contributed by atoms with E-state index in [9.17, 15) is 19.2 Å². The number of nitrogens with two attached hydrogens (primary N) is 1. The number of anilines is 1. The number of rotatable bonds is 26. The molecule has 0 bridgehead atoms. The van der Waals surface area contributed by atoms with Gasteiger partial charge < -0.3 is 44.6 Å². The number of nitrogens with one attached hydrogen (secondary N) is 2. The number of unbranched alkanes of at least 4 members (excludes halogenated alkanes) is 1. The standard InChI is InChI=1S/C35H51N7O9/c1-2-47-25-28-40-33-34(26-7-3-4-8-27(26)39-35(33)36)41(28)15-6-5-13-37-30(44)12-17-48-19-21-50-23-24-51-22-20-49-18-14-38-29(43)11-16-42-31(45)9-10-32(42)46/h3-4,7-8H,2,5-6,9-25H2,1H3,(H2,36,39)(H,37,44)(H,38,43). The van der Waals surface area contributed by atoms with Crippen LogP contribution in [-0.4, -0.2) is 122 Å². The molecule has 4 N–H and O–H groups in total. The molecule has 0 radical (unpaired) electrons. The third kappa shape index (κ3) is 12.8. The summed E-state index contributed by atoms with van der Waals surface area (Å²) in [6.07, 6.45) is 2.44. The molecule has 4 amide bonds. The highest BCUT2D eigenvalue weighted by molar-refractivity contribution is 6.06. The van der Waals surface area contributed by atoms with E-state index in [1.807, 2.05) is 31.2 Å². The maximum absolute atomic E-state index is 12.3. The fraction of sp³-hybridized carbons (Fsp3) is 0.600. The minimum Gasteiger partial charge on any atom is -0.382 e. The van der Waals surface area contributed by atoms with Gasteiger partial charge in [-0.05, 0) is 25.8 Å². The van der Waals surface area contributed by atoms with Crippen LogP contribution in [0.2, 0.25) is 0 Å². The van der Waals surface area contributed by atoms with Gasteiger partial charge in [-0.15, -0.1) is 0 Å². The van der Waals surface area contributed by atoms with Crippen LogP contribution in [0.25, 0.3) is 21.9 Å². The first-order valence-corrected chi connectivity index (χ1v) is 17.7. The second-order valence-corrected chi connectivity index (χ2v) is 11.8. The molecule has 1 fully saturated rings. The maximum Gasteiger partial charge on any atom is 0.229 e. The number of pyridine rings is 1. The fourth-order valence-corrected chi connectivity index (χ4v) is 5.52. The highest BCUT2D eigenvalue weighted by Crippen LogP contribution is 2.29. The maximum atomic E-state index is 12.3. The van der Waals surface area contributed by atoms with E-state index < -0.39 is 0 Å². The Labute approximate surface area is 297 Å². The summed E-state index contributed by atoms with van der Waals surface area (Å²) in [5.41, 5.74) is 8.72. The largest absolute Gasteiger partial charge is 0.382 e. The summed E-state index contributed by atoms with van der Waals surface area (Å²) in [6, 6.07) is 7.89. The van der Waals surface area contributed by atoms with Gasteiger partial charge in [0.15, 0.2) is 5.82 Å². The van der Waals surface area contributed by atoms with Gasteiger partial charge in [0.25, 0.3) is 0 Å². The number of nitrogen functional groups attached to an aromatic ring is 1. The van der Waals surface area contributed by atoms with Gasteiger partial charge in [0.05, 0.1) is 63.9 Å². The van der Waals surface area contributed by atoms with Crippen LogP contribution < -0.4 is 16.4 Å². The number of ether oxygens (including phenoxy) is 5. The summed E-state index contributed by atoms with van der Waals surface area (Å²) in [7, 11) is 0. The van der Waals surface area contributed by atoms with Gasteiger partial charge in [-0.3, -0.25) is 24.1 Å². The van der Waals surface area contributed by atoms with Crippen LogP contribution in [0.5, 0.6) is 0 Å². The van der Waals surface area contributed by atoms with Crippen LogP contribution in [-0.2, 0) is 56.0 Å². The van der Waals surface area contributed by atoms with Gasteiger partial charge in [0.2, 0.25) is 23.6 Å². The van der Waals surface area contributed by atoms with Crippen molar-refractivity contribution in [1.29, 1.82) is 0 Å². The summed E-state index contributed by atoms with van der Waals surface area (Å²) in [6.45, 7) is 7.63. The minimum atomic E-state index is -0.235. The zero-order valence-electron chi connectivity index (χ0n) is 29.5. The molecule has 1 saturated heterocycles. The molecule has 4 rings (SSSR count). The number of nitrogens with zero attached hydrogens (tertiary/aromatic N) is 4. The third-order valence-corrected chi connectivity index (χ3v) is 8.13. The number of imidazole rings is 1. The average Bonchev–Trinajstić information content (AvgIpc) is 3.66. The smallest absolute Gasteiger partial charge is 0.229 e. The zero-order valence-corrected chi connectivity index (χ0v) is 29.5. The Morgan fingerprint density at radius 2 is 1.39 bits per heavy atom. The van der Waals surface area contributed by atoms with Crippen molar-refractivity contribution in [2.45, 2.75) is 58.6 Å². The molecule has 1 aromatic carbocycles. The van der Waals surface area contributed by atoms with E-state index in [-0.39, 0.29) is 55.9 Å². The van der Waals surface area contributed by atoms with Gasteiger partial charge >= 0.3 is 0 Å². The lowest BCUT2D eigenvalue weighted by atomic mass is 10.2. The highest BCUT2D eigenvalue weighted by atomic mass is 16.6. The predicted molar refractivity (Wildman–Crippen MR) is 188 cm³/mol. The van der Waals surface area contributed by atoms with Crippen molar-refractivity contribution in [2.75, 3.05) is 84.8 Å². The third-order valence-electron chi connectivity index (χ3n) is 8.13. The van der Waals surface area contributed by atoms with Crippen molar-refractivity contribution in [2.24, 2.45) is 0 Å². The highest BCUT2D eigenvalue weighted by Gasteiger charge is 2.28. The van der Waals surface area contributed by atoms with Crippen LogP contribution >= 0.6 is 0 Å². The number of aromatic nitrogens is 3. The Hall–Kier alpha value is -4.22. The van der Waals surface area contributed by atoms with Gasteiger partial charge in [0, 0.05) is 63.9 Å². The van der Waals surface area contributed by atoms with Gasteiger partial charge in [-0.25, -0.2) is 9.97 Å². The van der Waals surface area contributed by atoms with Crippen LogP contribution in [0, 0.1) is 0 Å². The van der Waals surface area contributed by atoms with Crippen molar-refractivity contribution in [3.63, 3.8) is 0 Å². The van der Waals surface area contributed by atoms with Crippen molar-refractivity contribution in [3.8, 4) is 0 Å². The number of likely N-dealkylation sites (tertiary alicyclic amines) is 1. The molecule has 0 spiro atoms. The number of hydrogen-bond acceptors (Lipinski definition) is 12. The van der Waals surface area contributed by atoms with Crippen LogP contribution in [0.15, 0.2) is 24.3 Å². The molecular formula is C35H51N7O9. The molecule has 0 unspecified atom stereocenters. The zero-order chi connectivity index (χ0) is 36.3. The monoisotopic (exact) mass is 713 g/mol. The molecule has 51 heavy (non-hydrogen) atoms. The summed E-state index contributed by atoms with van der Waals surface area (Å²) in [4.78, 5) is 57.6.